The third kappa shape index (κ3) is 4.14. The van der Waals surface area contributed by atoms with Gasteiger partial charge in [-0.15, -0.1) is 13.2 Å². The van der Waals surface area contributed by atoms with Crippen LogP contribution < -0.4 is 9.64 Å². The number of rotatable bonds is 5. The Balaban J connectivity index is 1.50. The van der Waals surface area contributed by atoms with E-state index in [2.05, 4.69) is 14.9 Å². The van der Waals surface area contributed by atoms with Crippen LogP contribution in [0.2, 0.25) is 0 Å². The molecule has 30 heavy (non-hydrogen) atoms. The topological polar surface area (TPSA) is 68.5 Å². The second-order valence-electron chi connectivity index (χ2n) is 6.92. The van der Waals surface area contributed by atoms with Gasteiger partial charge in [0.25, 0.3) is 0 Å². The summed E-state index contributed by atoms with van der Waals surface area (Å²) in [5.74, 6) is -0.0405. The molecule has 1 aliphatic heterocycles. The fraction of sp³-hybridized carbons (Fsp3) is 0.286. The van der Waals surface area contributed by atoms with Crippen molar-refractivity contribution in [3.63, 3.8) is 0 Å². The maximum Gasteiger partial charge on any atom is 0.573 e. The molecular formula is C21H18F3N3O3. The van der Waals surface area contributed by atoms with Crippen LogP contribution in [-0.4, -0.2) is 29.0 Å². The molecule has 1 unspecified atom stereocenters. The molecule has 9 heteroatoms. The molecule has 0 aliphatic carbocycles. The summed E-state index contributed by atoms with van der Waals surface area (Å²) in [4.78, 5) is 18.7. The average molecular weight is 417 g/mol. The zero-order valence-electron chi connectivity index (χ0n) is 16.0. The maximum atomic E-state index is 12.6. The summed E-state index contributed by atoms with van der Waals surface area (Å²) in [6.07, 6.45) is -3.69. The molecule has 2 aromatic carbocycles. The average Bonchev–Trinajstić information content (AvgIpc) is 3.34. The lowest BCUT2D eigenvalue weighted by Crippen LogP contribution is -2.25. The number of halogens is 3. The van der Waals surface area contributed by atoms with E-state index in [0.29, 0.717) is 18.0 Å². The molecule has 4 rings (SSSR count). The largest absolute Gasteiger partial charge is 0.573 e. The molecule has 0 radical (unpaired) electrons. The van der Waals surface area contributed by atoms with Crippen LogP contribution in [0.1, 0.15) is 30.7 Å². The van der Waals surface area contributed by atoms with Crippen molar-refractivity contribution < 1.29 is 27.2 Å². The van der Waals surface area contributed by atoms with Gasteiger partial charge < -0.3 is 14.2 Å². The number of hydrogen-bond donors (Lipinski definition) is 0. The molecular weight excluding hydrogens is 399 g/mol. The Labute approximate surface area is 170 Å². The summed E-state index contributed by atoms with van der Waals surface area (Å²) in [6.45, 7) is 2.46. The first-order valence-corrected chi connectivity index (χ1v) is 9.42. The van der Waals surface area contributed by atoms with Crippen molar-refractivity contribution in [2.45, 2.75) is 32.0 Å². The number of aryl methyl sites for hydroxylation is 1. The molecule has 0 bridgehead atoms. The van der Waals surface area contributed by atoms with Crippen LogP contribution in [0.5, 0.6) is 5.75 Å². The fourth-order valence-electron chi connectivity index (χ4n) is 3.50. The standard InChI is InChI=1S/C21H18F3N3O3/c1-2-13-5-3-4-6-17(13)27-12-15(11-18(27)28)20-25-19(26-30-20)14-7-9-16(10-8-14)29-21(22,23)24/h3-10,15H,2,11-12H2,1H3. The number of nitrogens with zero attached hydrogens (tertiary/aromatic N) is 3. The number of benzene rings is 2. The second-order valence-corrected chi connectivity index (χ2v) is 6.92. The highest BCUT2D eigenvalue weighted by atomic mass is 19.4. The van der Waals surface area contributed by atoms with Gasteiger partial charge in [-0.2, -0.15) is 4.98 Å². The van der Waals surface area contributed by atoms with E-state index in [9.17, 15) is 18.0 Å². The summed E-state index contributed by atoms with van der Waals surface area (Å²) in [5, 5.41) is 3.91. The molecule has 1 fully saturated rings. The zero-order chi connectivity index (χ0) is 21.3. The van der Waals surface area contributed by atoms with Gasteiger partial charge in [0.2, 0.25) is 17.6 Å². The van der Waals surface area contributed by atoms with E-state index in [1.165, 1.54) is 24.3 Å². The molecule has 6 nitrogen and oxygen atoms in total. The number of amides is 1. The van der Waals surface area contributed by atoms with Gasteiger partial charge in [-0.05, 0) is 42.3 Å². The Morgan fingerprint density at radius 1 is 1.17 bits per heavy atom. The Bertz CT molecular complexity index is 1050. The monoisotopic (exact) mass is 417 g/mol. The quantitative estimate of drug-likeness (QED) is 0.601. The minimum Gasteiger partial charge on any atom is -0.406 e. The number of para-hydroxylation sites is 1. The first kappa shape index (κ1) is 19.9. The number of carbonyl (C=O) groups is 1. The van der Waals surface area contributed by atoms with Crippen molar-refractivity contribution >= 4 is 11.6 Å². The van der Waals surface area contributed by atoms with Gasteiger partial charge in [0.15, 0.2) is 0 Å². The van der Waals surface area contributed by atoms with Crippen molar-refractivity contribution in [3.05, 3.63) is 60.0 Å². The smallest absolute Gasteiger partial charge is 0.406 e. The third-order valence-electron chi connectivity index (χ3n) is 4.93. The van der Waals surface area contributed by atoms with Gasteiger partial charge in [0.1, 0.15) is 5.75 Å². The summed E-state index contributed by atoms with van der Waals surface area (Å²) in [5.41, 5.74) is 2.45. The summed E-state index contributed by atoms with van der Waals surface area (Å²) >= 11 is 0. The molecule has 0 saturated carbocycles. The van der Waals surface area contributed by atoms with Gasteiger partial charge in [-0.3, -0.25) is 4.79 Å². The third-order valence-corrected chi connectivity index (χ3v) is 4.93. The lowest BCUT2D eigenvalue weighted by Gasteiger charge is -2.19. The normalized spacial score (nSPS) is 16.9. The molecule has 3 aromatic rings. The predicted molar refractivity (Wildman–Crippen MR) is 102 cm³/mol. The van der Waals surface area contributed by atoms with Crippen LogP contribution in [0.4, 0.5) is 18.9 Å². The van der Waals surface area contributed by atoms with Crippen molar-refractivity contribution in [1.29, 1.82) is 0 Å². The van der Waals surface area contributed by atoms with Crippen molar-refractivity contribution in [2.24, 2.45) is 0 Å². The second kappa shape index (κ2) is 7.81. The summed E-state index contributed by atoms with van der Waals surface area (Å²) < 4.78 is 46.1. The fourth-order valence-corrected chi connectivity index (χ4v) is 3.50. The van der Waals surface area contributed by atoms with E-state index in [0.717, 1.165) is 17.7 Å². The van der Waals surface area contributed by atoms with E-state index in [1.807, 2.05) is 31.2 Å². The van der Waals surface area contributed by atoms with E-state index >= 15 is 0 Å². The minimum absolute atomic E-state index is 0.0192. The van der Waals surface area contributed by atoms with Crippen LogP contribution in [0.25, 0.3) is 11.4 Å². The molecule has 1 aromatic heterocycles. The van der Waals surface area contributed by atoms with Crippen LogP contribution in [0.15, 0.2) is 53.1 Å². The highest BCUT2D eigenvalue weighted by Gasteiger charge is 2.36. The Kier molecular flexibility index (Phi) is 5.19. The molecule has 1 aliphatic rings. The molecule has 156 valence electrons. The van der Waals surface area contributed by atoms with E-state index in [4.69, 9.17) is 4.52 Å². The molecule has 2 heterocycles. The van der Waals surface area contributed by atoms with Gasteiger partial charge in [-0.1, -0.05) is 30.3 Å². The Morgan fingerprint density at radius 2 is 1.90 bits per heavy atom. The van der Waals surface area contributed by atoms with Gasteiger partial charge in [-0.25, -0.2) is 0 Å². The van der Waals surface area contributed by atoms with Gasteiger partial charge in [0.05, 0.1) is 5.92 Å². The van der Waals surface area contributed by atoms with E-state index < -0.39 is 6.36 Å². The predicted octanol–water partition coefficient (Wildman–Crippen LogP) is 4.72. The van der Waals surface area contributed by atoms with Crippen LogP contribution in [-0.2, 0) is 11.2 Å². The summed E-state index contributed by atoms with van der Waals surface area (Å²) in [7, 11) is 0. The van der Waals surface area contributed by atoms with Crippen LogP contribution in [0, 0.1) is 0 Å². The van der Waals surface area contributed by atoms with Crippen molar-refractivity contribution in [3.8, 4) is 17.1 Å². The lowest BCUT2D eigenvalue weighted by atomic mass is 10.1. The molecule has 0 N–H and O–H groups in total. The first-order valence-electron chi connectivity index (χ1n) is 9.42. The highest BCUT2D eigenvalue weighted by molar-refractivity contribution is 5.97. The molecule has 1 atom stereocenters. The van der Waals surface area contributed by atoms with Crippen molar-refractivity contribution in [1.82, 2.24) is 10.1 Å². The number of alkyl halides is 3. The van der Waals surface area contributed by atoms with Gasteiger partial charge in [0, 0.05) is 24.2 Å². The lowest BCUT2D eigenvalue weighted by molar-refractivity contribution is -0.274. The number of aromatic nitrogens is 2. The first-order chi connectivity index (χ1) is 14.3. The van der Waals surface area contributed by atoms with Crippen molar-refractivity contribution in [2.75, 3.05) is 11.4 Å². The van der Waals surface area contributed by atoms with Crippen LogP contribution >= 0.6 is 0 Å². The van der Waals surface area contributed by atoms with E-state index in [1.54, 1.807) is 4.90 Å². The zero-order valence-corrected chi connectivity index (χ0v) is 16.0. The minimum atomic E-state index is -4.75. The SMILES string of the molecule is CCc1ccccc1N1CC(c2nc(-c3ccc(OC(F)(F)F)cc3)no2)CC1=O. The van der Waals surface area contributed by atoms with E-state index in [-0.39, 0.29) is 29.8 Å². The molecule has 1 amide bonds. The number of anilines is 1. The molecule has 1 saturated heterocycles. The van der Waals surface area contributed by atoms with Gasteiger partial charge >= 0.3 is 6.36 Å². The summed E-state index contributed by atoms with van der Waals surface area (Å²) in [6, 6.07) is 12.9. The number of ether oxygens (including phenoxy) is 1. The number of carbonyl (C=O) groups excluding carboxylic acids is 1. The Hall–Kier alpha value is -3.36. The maximum absolute atomic E-state index is 12.6. The molecule has 0 spiro atoms. The Morgan fingerprint density at radius 3 is 2.60 bits per heavy atom. The number of hydrogen-bond acceptors (Lipinski definition) is 5. The highest BCUT2D eigenvalue weighted by Crippen LogP contribution is 2.34. The van der Waals surface area contributed by atoms with Crippen LogP contribution in [0.3, 0.4) is 0 Å².